The second kappa shape index (κ2) is 19.3. The second-order valence-electron chi connectivity index (χ2n) is 5.29. The summed E-state index contributed by atoms with van der Waals surface area (Å²) in [5, 5.41) is 0. The van der Waals surface area contributed by atoms with Crippen LogP contribution in [-0.4, -0.2) is 62.2 Å². The summed E-state index contributed by atoms with van der Waals surface area (Å²) in [7, 11) is -8.93. The standard InChI is InChI=1S/2C7H16O4S.Mg/c2*1-2-3-4-5-6-7-11-12(8,9)10;/h2*2-7H2,1H3,(H,8,9,10);/q;;+2/p-2. The third kappa shape index (κ3) is 36.2. The molecule has 0 aliphatic heterocycles. The Morgan fingerprint density at radius 3 is 1.12 bits per heavy atom. The fourth-order valence-corrected chi connectivity index (χ4v) is 2.38. The van der Waals surface area contributed by atoms with Gasteiger partial charge in [-0.1, -0.05) is 65.2 Å². The Morgan fingerprint density at radius 2 is 0.880 bits per heavy atom. The number of unbranched alkanes of at least 4 members (excludes halogenated alkanes) is 8. The van der Waals surface area contributed by atoms with Crippen LogP contribution in [0.5, 0.6) is 0 Å². The quantitative estimate of drug-likeness (QED) is 0.183. The van der Waals surface area contributed by atoms with Crippen LogP contribution >= 0.6 is 0 Å². The van der Waals surface area contributed by atoms with Crippen molar-refractivity contribution in [3.05, 3.63) is 0 Å². The molecule has 0 aliphatic carbocycles. The summed E-state index contributed by atoms with van der Waals surface area (Å²) in [5.41, 5.74) is 0. The molecule has 0 fully saturated rings. The smallest absolute Gasteiger partial charge is 0.726 e. The molecule has 0 aromatic rings. The Morgan fingerprint density at radius 1 is 0.600 bits per heavy atom. The minimum atomic E-state index is -4.47. The molecule has 0 N–H and O–H groups in total. The molecule has 0 bridgehead atoms. The van der Waals surface area contributed by atoms with E-state index in [1.54, 1.807) is 0 Å². The van der Waals surface area contributed by atoms with E-state index in [0.717, 1.165) is 51.4 Å². The van der Waals surface area contributed by atoms with Crippen molar-refractivity contribution in [3.8, 4) is 0 Å². The van der Waals surface area contributed by atoms with Gasteiger partial charge in [0.2, 0.25) is 20.8 Å². The summed E-state index contributed by atoms with van der Waals surface area (Å²) in [5.74, 6) is 0. The molecule has 0 spiro atoms. The van der Waals surface area contributed by atoms with E-state index in [1.807, 2.05) is 0 Å². The molecule has 148 valence electrons. The van der Waals surface area contributed by atoms with Crippen LogP contribution in [0.4, 0.5) is 0 Å². The topological polar surface area (TPSA) is 133 Å². The SMILES string of the molecule is CCCCCCCOS(=O)(=O)[O-].CCCCCCCOS(=O)(=O)[O-].[Mg+2]. The van der Waals surface area contributed by atoms with Crippen molar-refractivity contribution in [1.82, 2.24) is 0 Å². The van der Waals surface area contributed by atoms with Crippen LogP contribution in [0.3, 0.4) is 0 Å². The maximum Gasteiger partial charge on any atom is 2.00 e. The van der Waals surface area contributed by atoms with E-state index in [4.69, 9.17) is 0 Å². The van der Waals surface area contributed by atoms with Gasteiger partial charge in [0, 0.05) is 0 Å². The summed E-state index contributed by atoms with van der Waals surface area (Å²) in [4.78, 5) is 0. The summed E-state index contributed by atoms with van der Waals surface area (Å²) < 4.78 is 67.7. The zero-order valence-electron chi connectivity index (χ0n) is 15.3. The first-order valence-corrected chi connectivity index (χ1v) is 11.0. The molecular formula is C14H30MgO8S2. The third-order valence-electron chi connectivity index (χ3n) is 2.95. The predicted molar refractivity (Wildman–Crippen MR) is 94.6 cm³/mol. The van der Waals surface area contributed by atoms with Crippen molar-refractivity contribution in [2.45, 2.75) is 78.1 Å². The molecule has 0 aromatic heterocycles. The average Bonchev–Trinajstić information content (AvgIpc) is 2.45. The first-order chi connectivity index (χ1) is 11.1. The van der Waals surface area contributed by atoms with Crippen LogP contribution in [0.25, 0.3) is 0 Å². The van der Waals surface area contributed by atoms with Gasteiger partial charge in [0.05, 0.1) is 13.2 Å². The summed E-state index contributed by atoms with van der Waals surface area (Å²) >= 11 is 0. The molecular weight excluding hydrogens is 385 g/mol. The van der Waals surface area contributed by atoms with Crippen molar-refractivity contribution < 1.29 is 34.3 Å². The number of hydrogen-bond donors (Lipinski definition) is 0. The minimum Gasteiger partial charge on any atom is -0.726 e. The molecule has 0 heterocycles. The van der Waals surface area contributed by atoms with Crippen molar-refractivity contribution in [3.63, 3.8) is 0 Å². The average molecular weight is 415 g/mol. The van der Waals surface area contributed by atoms with Gasteiger partial charge in [0.25, 0.3) is 0 Å². The summed E-state index contributed by atoms with van der Waals surface area (Å²) in [6, 6.07) is 0. The molecule has 0 rings (SSSR count). The molecule has 0 saturated carbocycles. The van der Waals surface area contributed by atoms with Gasteiger partial charge in [0.15, 0.2) is 0 Å². The van der Waals surface area contributed by atoms with Crippen LogP contribution in [0.2, 0.25) is 0 Å². The van der Waals surface area contributed by atoms with E-state index in [0.29, 0.717) is 12.8 Å². The van der Waals surface area contributed by atoms with Crippen molar-refractivity contribution >= 4 is 43.9 Å². The van der Waals surface area contributed by atoms with E-state index in [1.165, 1.54) is 0 Å². The molecule has 0 radical (unpaired) electrons. The van der Waals surface area contributed by atoms with Gasteiger partial charge in [-0.15, -0.1) is 0 Å². The molecule has 0 saturated heterocycles. The van der Waals surface area contributed by atoms with Gasteiger partial charge in [-0.25, -0.2) is 16.8 Å². The Kier molecular flexibility index (Phi) is 23.3. The van der Waals surface area contributed by atoms with E-state index in [9.17, 15) is 25.9 Å². The van der Waals surface area contributed by atoms with Crippen molar-refractivity contribution in [2.75, 3.05) is 13.2 Å². The molecule has 8 nitrogen and oxygen atoms in total. The zero-order chi connectivity index (χ0) is 18.9. The predicted octanol–water partition coefficient (Wildman–Crippen LogP) is 2.49. The molecule has 0 unspecified atom stereocenters. The normalized spacial score (nSPS) is 11.4. The maximum atomic E-state index is 9.94. The fraction of sp³-hybridized carbons (Fsp3) is 1.00. The first-order valence-electron chi connectivity index (χ1n) is 8.32. The molecule has 0 aromatic carbocycles. The number of hydrogen-bond acceptors (Lipinski definition) is 8. The third-order valence-corrected chi connectivity index (χ3v) is 3.86. The zero-order valence-corrected chi connectivity index (χ0v) is 18.3. The molecule has 0 atom stereocenters. The van der Waals surface area contributed by atoms with E-state index >= 15 is 0 Å². The molecule has 0 aliphatic rings. The van der Waals surface area contributed by atoms with Gasteiger partial charge in [-0.05, 0) is 12.8 Å². The van der Waals surface area contributed by atoms with Crippen LogP contribution in [0, 0.1) is 0 Å². The largest absolute Gasteiger partial charge is 2.00 e. The van der Waals surface area contributed by atoms with Gasteiger partial charge < -0.3 is 9.11 Å². The Bertz CT molecular complexity index is 421. The van der Waals surface area contributed by atoms with Crippen molar-refractivity contribution in [2.24, 2.45) is 0 Å². The Balaban J connectivity index is -0.000000372. The van der Waals surface area contributed by atoms with Crippen LogP contribution in [-0.2, 0) is 29.2 Å². The first kappa shape index (κ1) is 30.2. The minimum absolute atomic E-state index is 0. The van der Waals surface area contributed by atoms with E-state index in [-0.39, 0.29) is 36.3 Å². The maximum absolute atomic E-state index is 9.94. The van der Waals surface area contributed by atoms with E-state index in [2.05, 4.69) is 22.2 Å². The molecule has 25 heavy (non-hydrogen) atoms. The van der Waals surface area contributed by atoms with Crippen LogP contribution in [0.15, 0.2) is 0 Å². The van der Waals surface area contributed by atoms with Crippen LogP contribution < -0.4 is 0 Å². The molecule has 11 heteroatoms. The van der Waals surface area contributed by atoms with Gasteiger partial charge in [0.1, 0.15) is 0 Å². The fourth-order valence-electron chi connectivity index (χ4n) is 1.73. The van der Waals surface area contributed by atoms with Crippen LogP contribution in [0.1, 0.15) is 78.1 Å². The second-order valence-corrected chi connectivity index (χ2v) is 7.39. The Labute approximate surface area is 169 Å². The van der Waals surface area contributed by atoms with Gasteiger partial charge in [-0.2, -0.15) is 0 Å². The summed E-state index contributed by atoms with van der Waals surface area (Å²) in [6.45, 7) is 4.24. The van der Waals surface area contributed by atoms with Gasteiger partial charge in [-0.3, -0.25) is 8.37 Å². The van der Waals surface area contributed by atoms with Gasteiger partial charge >= 0.3 is 23.1 Å². The number of rotatable bonds is 14. The van der Waals surface area contributed by atoms with E-state index < -0.39 is 20.8 Å². The van der Waals surface area contributed by atoms with Crippen molar-refractivity contribution in [1.29, 1.82) is 0 Å². The summed E-state index contributed by atoms with van der Waals surface area (Å²) in [6.07, 6.45) is 9.82. The molecule has 0 amide bonds. The Hall–Kier alpha value is 0.506. The monoisotopic (exact) mass is 414 g/mol.